The van der Waals surface area contributed by atoms with E-state index in [2.05, 4.69) is 5.32 Å². The number of hydrogen-bond donors (Lipinski definition) is 1. The molecule has 22 heavy (non-hydrogen) atoms. The van der Waals surface area contributed by atoms with Gasteiger partial charge in [-0.1, -0.05) is 19.3 Å². The van der Waals surface area contributed by atoms with Gasteiger partial charge in [-0.2, -0.15) is 0 Å². The summed E-state index contributed by atoms with van der Waals surface area (Å²) in [6, 6.07) is 5.61. The van der Waals surface area contributed by atoms with Crippen LogP contribution in [-0.2, 0) is 11.2 Å². The van der Waals surface area contributed by atoms with Crippen LogP contribution in [-0.4, -0.2) is 24.9 Å². The SMILES string of the molecule is CCN1C(=O)Cc2cc(C(=O)NCC3CCCCC3)ccc21. The molecule has 1 aliphatic heterocycles. The van der Waals surface area contributed by atoms with Gasteiger partial charge in [0.15, 0.2) is 0 Å². The molecule has 118 valence electrons. The molecule has 0 spiro atoms. The van der Waals surface area contributed by atoms with E-state index >= 15 is 0 Å². The molecule has 1 heterocycles. The first kappa shape index (κ1) is 15.1. The second kappa shape index (κ2) is 6.51. The van der Waals surface area contributed by atoms with Gasteiger partial charge in [0.25, 0.3) is 5.91 Å². The van der Waals surface area contributed by atoms with Crippen molar-refractivity contribution >= 4 is 17.5 Å². The second-order valence-corrected chi connectivity index (χ2v) is 6.37. The monoisotopic (exact) mass is 300 g/mol. The molecule has 4 nitrogen and oxygen atoms in total. The molecule has 2 amide bonds. The maximum absolute atomic E-state index is 12.3. The van der Waals surface area contributed by atoms with Gasteiger partial charge in [-0.15, -0.1) is 0 Å². The number of carbonyl (C=O) groups excluding carboxylic acids is 2. The number of nitrogens with zero attached hydrogens (tertiary/aromatic N) is 1. The Labute approximate surface area is 131 Å². The van der Waals surface area contributed by atoms with Crippen LogP contribution in [0.3, 0.4) is 0 Å². The molecule has 1 aromatic carbocycles. The fourth-order valence-electron chi connectivity index (χ4n) is 3.60. The Morgan fingerprint density at radius 3 is 2.77 bits per heavy atom. The van der Waals surface area contributed by atoms with Crippen LogP contribution in [0.4, 0.5) is 5.69 Å². The predicted octanol–water partition coefficient (Wildman–Crippen LogP) is 2.91. The summed E-state index contributed by atoms with van der Waals surface area (Å²) in [4.78, 5) is 26.0. The number of rotatable bonds is 4. The summed E-state index contributed by atoms with van der Waals surface area (Å²) in [5.41, 5.74) is 2.59. The first-order valence-corrected chi connectivity index (χ1v) is 8.40. The van der Waals surface area contributed by atoms with E-state index in [9.17, 15) is 9.59 Å². The lowest BCUT2D eigenvalue weighted by atomic mass is 9.89. The molecule has 0 bridgehead atoms. The fraction of sp³-hybridized carbons (Fsp3) is 0.556. The molecule has 0 saturated heterocycles. The van der Waals surface area contributed by atoms with Gasteiger partial charge in [-0.05, 0) is 49.4 Å². The molecule has 1 aromatic rings. The number of carbonyl (C=O) groups is 2. The first-order chi connectivity index (χ1) is 10.7. The number of amides is 2. The molecule has 1 N–H and O–H groups in total. The van der Waals surface area contributed by atoms with Crippen LogP contribution in [0, 0.1) is 5.92 Å². The van der Waals surface area contributed by atoms with E-state index in [-0.39, 0.29) is 11.8 Å². The van der Waals surface area contributed by atoms with Gasteiger partial charge in [0, 0.05) is 24.3 Å². The van der Waals surface area contributed by atoms with Crippen molar-refractivity contribution in [3.05, 3.63) is 29.3 Å². The third-order valence-corrected chi connectivity index (χ3v) is 4.87. The number of anilines is 1. The highest BCUT2D eigenvalue weighted by Crippen LogP contribution is 2.29. The van der Waals surface area contributed by atoms with Crippen molar-refractivity contribution in [3.63, 3.8) is 0 Å². The molecule has 0 atom stereocenters. The van der Waals surface area contributed by atoms with Crippen molar-refractivity contribution in [1.82, 2.24) is 5.32 Å². The predicted molar refractivity (Wildman–Crippen MR) is 87.1 cm³/mol. The topological polar surface area (TPSA) is 49.4 Å². The summed E-state index contributed by atoms with van der Waals surface area (Å²) in [6.07, 6.45) is 6.77. The van der Waals surface area contributed by atoms with Crippen molar-refractivity contribution < 1.29 is 9.59 Å². The zero-order valence-electron chi connectivity index (χ0n) is 13.2. The Bertz CT molecular complexity index is 576. The van der Waals surface area contributed by atoms with Gasteiger partial charge < -0.3 is 10.2 Å². The molecule has 1 fully saturated rings. The van der Waals surface area contributed by atoms with Gasteiger partial charge in [0.1, 0.15) is 0 Å². The summed E-state index contributed by atoms with van der Waals surface area (Å²) >= 11 is 0. The molecule has 1 aliphatic carbocycles. The van der Waals surface area contributed by atoms with Crippen LogP contribution in [0.15, 0.2) is 18.2 Å². The van der Waals surface area contributed by atoms with Crippen molar-refractivity contribution in [2.45, 2.75) is 45.4 Å². The normalized spacial score (nSPS) is 18.4. The van der Waals surface area contributed by atoms with E-state index in [1.54, 1.807) is 4.90 Å². The van der Waals surface area contributed by atoms with E-state index in [4.69, 9.17) is 0 Å². The number of benzene rings is 1. The van der Waals surface area contributed by atoms with Crippen molar-refractivity contribution in [3.8, 4) is 0 Å². The third kappa shape index (κ3) is 3.01. The van der Waals surface area contributed by atoms with E-state index in [1.807, 2.05) is 25.1 Å². The van der Waals surface area contributed by atoms with Crippen LogP contribution in [0.2, 0.25) is 0 Å². The molecule has 0 unspecified atom stereocenters. The highest BCUT2D eigenvalue weighted by Gasteiger charge is 2.26. The Balaban J connectivity index is 1.64. The molecule has 3 rings (SSSR count). The molecule has 4 heteroatoms. The van der Waals surface area contributed by atoms with Crippen LogP contribution < -0.4 is 10.2 Å². The number of likely N-dealkylation sites (N-methyl/N-ethyl adjacent to an activating group) is 1. The summed E-state index contributed by atoms with van der Waals surface area (Å²) < 4.78 is 0. The highest BCUT2D eigenvalue weighted by molar-refractivity contribution is 6.03. The lowest BCUT2D eigenvalue weighted by molar-refractivity contribution is -0.117. The smallest absolute Gasteiger partial charge is 0.251 e. The minimum Gasteiger partial charge on any atom is -0.352 e. The standard InChI is InChI=1S/C18H24N2O2/c1-2-20-16-9-8-14(10-15(16)11-17(20)21)18(22)19-12-13-6-4-3-5-7-13/h8-10,13H,2-7,11-12H2,1H3,(H,19,22). The lowest BCUT2D eigenvalue weighted by Gasteiger charge is -2.21. The minimum atomic E-state index is -0.0178. The first-order valence-electron chi connectivity index (χ1n) is 8.40. The Morgan fingerprint density at radius 1 is 1.27 bits per heavy atom. The van der Waals surface area contributed by atoms with Crippen molar-refractivity contribution in [1.29, 1.82) is 0 Å². The third-order valence-electron chi connectivity index (χ3n) is 4.87. The van der Waals surface area contributed by atoms with Gasteiger partial charge >= 0.3 is 0 Å². The van der Waals surface area contributed by atoms with E-state index in [1.165, 1.54) is 32.1 Å². The summed E-state index contributed by atoms with van der Waals surface area (Å²) in [5.74, 6) is 0.734. The maximum Gasteiger partial charge on any atom is 0.251 e. The van der Waals surface area contributed by atoms with E-state index in [0.717, 1.165) is 17.8 Å². The van der Waals surface area contributed by atoms with Crippen molar-refractivity contribution in [2.75, 3.05) is 18.0 Å². The number of hydrogen-bond acceptors (Lipinski definition) is 2. The molecule has 0 radical (unpaired) electrons. The quantitative estimate of drug-likeness (QED) is 0.929. The second-order valence-electron chi connectivity index (χ2n) is 6.37. The maximum atomic E-state index is 12.3. The summed E-state index contributed by atoms with van der Waals surface area (Å²) in [7, 11) is 0. The minimum absolute atomic E-state index is 0.0178. The van der Waals surface area contributed by atoms with Crippen LogP contribution >= 0.6 is 0 Å². The van der Waals surface area contributed by atoms with Crippen LogP contribution in [0.5, 0.6) is 0 Å². The molecular formula is C18H24N2O2. The lowest BCUT2D eigenvalue weighted by Crippen LogP contribution is -2.30. The molecule has 1 saturated carbocycles. The Hall–Kier alpha value is -1.84. The van der Waals surface area contributed by atoms with Crippen molar-refractivity contribution in [2.24, 2.45) is 5.92 Å². The van der Waals surface area contributed by atoms with E-state index in [0.29, 0.717) is 24.4 Å². The molecule has 0 aromatic heterocycles. The van der Waals surface area contributed by atoms with Crippen LogP contribution in [0.1, 0.15) is 54.9 Å². The highest BCUT2D eigenvalue weighted by atomic mass is 16.2. The van der Waals surface area contributed by atoms with Gasteiger partial charge in [-0.3, -0.25) is 9.59 Å². The Morgan fingerprint density at radius 2 is 2.05 bits per heavy atom. The van der Waals surface area contributed by atoms with Gasteiger partial charge in [-0.25, -0.2) is 0 Å². The molecule has 2 aliphatic rings. The summed E-state index contributed by atoms with van der Waals surface area (Å²) in [5, 5.41) is 3.06. The molecular weight excluding hydrogens is 276 g/mol. The Kier molecular flexibility index (Phi) is 4.46. The number of fused-ring (bicyclic) bond motifs is 1. The van der Waals surface area contributed by atoms with E-state index < -0.39 is 0 Å². The zero-order chi connectivity index (χ0) is 15.5. The van der Waals surface area contributed by atoms with Gasteiger partial charge in [0.05, 0.1) is 6.42 Å². The number of nitrogens with one attached hydrogen (secondary N) is 1. The average Bonchev–Trinajstić information content (AvgIpc) is 2.87. The summed E-state index contributed by atoms with van der Waals surface area (Å²) in [6.45, 7) is 3.42. The van der Waals surface area contributed by atoms with Gasteiger partial charge in [0.2, 0.25) is 5.91 Å². The van der Waals surface area contributed by atoms with Crippen LogP contribution in [0.25, 0.3) is 0 Å². The average molecular weight is 300 g/mol. The fourth-order valence-corrected chi connectivity index (χ4v) is 3.60. The largest absolute Gasteiger partial charge is 0.352 e. The zero-order valence-corrected chi connectivity index (χ0v) is 13.2.